The number of Topliss-reactive ketones (excluding diaryl/α,β-unsaturated/α-hetero) is 1. The summed E-state index contributed by atoms with van der Waals surface area (Å²) in [6.07, 6.45) is -0.701. The molecule has 2 atom stereocenters. The number of methoxy groups -OCH3 is 1. The summed E-state index contributed by atoms with van der Waals surface area (Å²) < 4.78 is 4.72. The third-order valence-corrected chi connectivity index (χ3v) is 2.03. The molecule has 1 rings (SSSR count). The van der Waals surface area contributed by atoms with E-state index in [1.807, 2.05) is 0 Å². The van der Waals surface area contributed by atoms with Crippen molar-refractivity contribution in [2.45, 2.75) is 19.4 Å². The highest BCUT2D eigenvalue weighted by Gasteiger charge is 2.33. The number of aliphatic hydroxyl groups is 2. The van der Waals surface area contributed by atoms with Crippen molar-refractivity contribution in [3.8, 4) is 0 Å². The van der Waals surface area contributed by atoms with Crippen LogP contribution in [0.4, 0.5) is 0 Å². The van der Waals surface area contributed by atoms with Crippen LogP contribution in [0.3, 0.4) is 0 Å². The van der Waals surface area contributed by atoms with Gasteiger partial charge in [-0.15, -0.1) is 0 Å². The number of aliphatic hydroxyl groups excluding tert-OH is 2. The SMILES string of the molecule is COC1=C(O)C(=O)CC(C)C1O. The minimum absolute atomic E-state index is 0.0150. The molecular formula is C8H12O4. The van der Waals surface area contributed by atoms with E-state index in [0.717, 1.165) is 0 Å². The van der Waals surface area contributed by atoms with Crippen LogP contribution in [0.25, 0.3) is 0 Å². The Balaban J connectivity index is 3.00. The Bertz CT molecular complexity index is 231. The first kappa shape index (κ1) is 9.06. The number of hydrogen-bond donors (Lipinski definition) is 2. The van der Waals surface area contributed by atoms with Crippen LogP contribution < -0.4 is 0 Å². The Hall–Kier alpha value is -1.03. The zero-order valence-electron chi connectivity index (χ0n) is 7.07. The van der Waals surface area contributed by atoms with Crippen LogP contribution in [0.1, 0.15) is 13.3 Å². The predicted octanol–water partition coefficient (Wildman–Crippen LogP) is 0.372. The van der Waals surface area contributed by atoms with Gasteiger partial charge in [0.2, 0.25) is 5.78 Å². The van der Waals surface area contributed by atoms with E-state index in [1.165, 1.54) is 7.11 Å². The quantitative estimate of drug-likeness (QED) is 0.599. The van der Waals surface area contributed by atoms with Crippen LogP contribution in [0, 0.1) is 5.92 Å². The molecule has 12 heavy (non-hydrogen) atoms. The number of ketones is 1. The number of hydrogen-bond acceptors (Lipinski definition) is 4. The lowest BCUT2D eigenvalue weighted by Gasteiger charge is -2.25. The highest BCUT2D eigenvalue weighted by atomic mass is 16.5. The molecule has 0 radical (unpaired) electrons. The van der Waals surface area contributed by atoms with Crippen molar-refractivity contribution in [3.05, 3.63) is 11.5 Å². The summed E-state index contributed by atoms with van der Waals surface area (Å²) in [6.45, 7) is 1.73. The summed E-state index contributed by atoms with van der Waals surface area (Å²) in [5.41, 5.74) is 0. The van der Waals surface area contributed by atoms with Gasteiger partial charge in [-0.3, -0.25) is 4.79 Å². The Morgan fingerprint density at radius 3 is 2.67 bits per heavy atom. The first-order valence-electron chi connectivity index (χ1n) is 3.76. The molecule has 1 aliphatic carbocycles. The molecule has 0 aromatic heterocycles. The van der Waals surface area contributed by atoms with Crippen LogP contribution in [0.15, 0.2) is 11.5 Å². The van der Waals surface area contributed by atoms with E-state index >= 15 is 0 Å². The summed E-state index contributed by atoms with van der Waals surface area (Å²) in [5.74, 6) is -1.02. The van der Waals surface area contributed by atoms with Crippen LogP contribution >= 0.6 is 0 Å². The van der Waals surface area contributed by atoms with Gasteiger partial charge in [-0.25, -0.2) is 0 Å². The smallest absolute Gasteiger partial charge is 0.201 e. The topological polar surface area (TPSA) is 66.8 Å². The zero-order chi connectivity index (χ0) is 9.30. The predicted molar refractivity (Wildman–Crippen MR) is 41.5 cm³/mol. The van der Waals surface area contributed by atoms with E-state index in [2.05, 4.69) is 0 Å². The third kappa shape index (κ3) is 1.30. The van der Waals surface area contributed by atoms with Crippen molar-refractivity contribution in [1.29, 1.82) is 0 Å². The fourth-order valence-corrected chi connectivity index (χ4v) is 1.25. The van der Waals surface area contributed by atoms with Gasteiger partial charge in [0, 0.05) is 6.42 Å². The molecule has 0 fully saturated rings. The van der Waals surface area contributed by atoms with Gasteiger partial charge in [0.25, 0.3) is 0 Å². The second-order valence-corrected chi connectivity index (χ2v) is 2.97. The fourth-order valence-electron chi connectivity index (χ4n) is 1.25. The number of carbonyl (C=O) groups excluding carboxylic acids is 1. The maximum Gasteiger partial charge on any atom is 0.201 e. The first-order valence-corrected chi connectivity index (χ1v) is 3.76. The fraction of sp³-hybridized carbons (Fsp3) is 0.625. The molecule has 2 unspecified atom stereocenters. The molecule has 0 amide bonds. The minimum Gasteiger partial charge on any atom is -0.502 e. The maximum absolute atomic E-state index is 11.0. The summed E-state index contributed by atoms with van der Waals surface area (Å²) in [4.78, 5) is 11.0. The van der Waals surface area contributed by atoms with Crippen molar-refractivity contribution < 1.29 is 19.7 Å². The molecular weight excluding hydrogens is 160 g/mol. The van der Waals surface area contributed by atoms with Gasteiger partial charge in [-0.2, -0.15) is 0 Å². The Labute approximate surface area is 70.5 Å². The lowest BCUT2D eigenvalue weighted by atomic mass is 9.90. The largest absolute Gasteiger partial charge is 0.502 e. The van der Waals surface area contributed by atoms with Crippen molar-refractivity contribution >= 4 is 5.78 Å². The van der Waals surface area contributed by atoms with Crippen molar-refractivity contribution in [3.63, 3.8) is 0 Å². The van der Waals surface area contributed by atoms with Gasteiger partial charge in [0.15, 0.2) is 11.5 Å². The van der Waals surface area contributed by atoms with Gasteiger partial charge in [-0.05, 0) is 5.92 Å². The van der Waals surface area contributed by atoms with Crippen molar-refractivity contribution in [2.75, 3.05) is 7.11 Å². The van der Waals surface area contributed by atoms with Gasteiger partial charge in [-0.1, -0.05) is 6.92 Å². The van der Waals surface area contributed by atoms with Gasteiger partial charge >= 0.3 is 0 Å². The summed E-state index contributed by atoms with van der Waals surface area (Å²) in [6, 6.07) is 0. The lowest BCUT2D eigenvalue weighted by Crippen LogP contribution is -2.31. The highest BCUT2D eigenvalue weighted by molar-refractivity contribution is 5.94. The molecule has 68 valence electrons. The molecule has 0 heterocycles. The Morgan fingerprint density at radius 2 is 2.17 bits per heavy atom. The molecule has 0 saturated heterocycles. The van der Waals surface area contributed by atoms with E-state index < -0.39 is 11.9 Å². The molecule has 0 aromatic rings. The number of carbonyl (C=O) groups is 1. The number of allylic oxidation sites excluding steroid dienone is 1. The highest BCUT2D eigenvalue weighted by Crippen LogP contribution is 2.26. The summed E-state index contributed by atoms with van der Waals surface area (Å²) in [5, 5.41) is 18.6. The van der Waals surface area contributed by atoms with Crippen LogP contribution in [0.2, 0.25) is 0 Å². The third-order valence-electron chi connectivity index (χ3n) is 2.03. The van der Waals surface area contributed by atoms with Crippen LogP contribution in [-0.4, -0.2) is 29.2 Å². The van der Waals surface area contributed by atoms with Crippen molar-refractivity contribution in [1.82, 2.24) is 0 Å². The van der Waals surface area contributed by atoms with Crippen LogP contribution in [0.5, 0.6) is 0 Å². The second kappa shape index (κ2) is 3.15. The van der Waals surface area contributed by atoms with Gasteiger partial charge in [0.1, 0.15) is 6.10 Å². The van der Waals surface area contributed by atoms with E-state index in [0.29, 0.717) is 0 Å². The standard InChI is InChI=1S/C8H12O4/c1-4-3-5(9)7(11)8(12-2)6(4)10/h4,6,10-11H,3H2,1-2H3. The molecule has 2 N–H and O–H groups in total. The summed E-state index contributed by atoms with van der Waals surface area (Å²) >= 11 is 0. The zero-order valence-corrected chi connectivity index (χ0v) is 7.07. The number of ether oxygens (including phenoxy) is 1. The molecule has 0 aromatic carbocycles. The van der Waals surface area contributed by atoms with E-state index in [9.17, 15) is 15.0 Å². The normalized spacial score (nSPS) is 30.8. The van der Waals surface area contributed by atoms with Gasteiger partial charge in [0.05, 0.1) is 7.11 Å². The Kier molecular flexibility index (Phi) is 2.38. The molecule has 4 nitrogen and oxygen atoms in total. The molecule has 0 aliphatic heterocycles. The molecule has 0 saturated carbocycles. The average molecular weight is 172 g/mol. The minimum atomic E-state index is -0.868. The molecule has 0 spiro atoms. The first-order chi connectivity index (χ1) is 5.57. The second-order valence-electron chi connectivity index (χ2n) is 2.97. The number of rotatable bonds is 1. The van der Waals surface area contributed by atoms with Crippen molar-refractivity contribution in [2.24, 2.45) is 5.92 Å². The molecule has 4 heteroatoms. The van der Waals surface area contributed by atoms with E-state index in [1.54, 1.807) is 6.92 Å². The summed E-state index contributed by atoms with van der Waals surface area (Å²) in [7, 11) is 1.32. The lowest BCUT2D eigenvalue weighted by molar-refractivity contribution is -0.122. The Morgan fingerprint density at radius 1 is 1.58 bits per heavy atom. The monoisotopic (exact) mass is 172 g/mol. The van der Waals surface area contributed by atoms with E-state index in [4.69, 9.17) is 4.74 Å². The van der Waals surface area contributed by atoms with E-state index in [-0.39, 0.29) is 23.9 Å². The van der Waals surface area contributed by atoms with Gasteiger partial charge < -0.3 is 14.9 Å². The van der Waals surface area contributed by atoms with Crippen LogP contribution in [-0.2, 0) is 9.53 Å². The average Bonchev–Trinajstić information content (AvgIpc) is 2.02. The molecule has 0 bridgehead atoms. The molecule has 1 aliphatic rings. The maximum atomic E-state index is 11.0.